The zero-order valence-electron chi connectivity index (χ0n) is 14.1. The molecule has 2 saturated heterocycles. The summed E-state index contributed by atoms with van der Waals surface area (Å²) < 4.78 is 10.6. The number of nitrogens with zero attached hydrogens (tertiary/aromatic N) is 1. The lowest BCUT2D eigenvalue weighted by Gasteiger charge is -2.21. The van der Waals surface area contributed by atoms with E-state index in [2.05, 4.69) is 15.5 Å². The van der Waals surface area contributed by atoms with E-state index in [0.717, 1.165) is 36.7 Å². The molecule has 0 saturated carbocycles. The Morgan fingerprint density at radius 2 is 2.00 bits per heavy atom. The van der Waals surface area contributed by atoms with Gasteiger partial charge in [-0.3, -0.25) is 4.79 Å². The van der Waals surface area contributed by atoms with Crippen molar-refractivity contribution in [1.82, 2.24) is 10.6 Å². The largest absolute Gasteiger partial charge is 0.497 e. The smallest absolute Gasteiger partial charge is 0.237 e. The Morgan fingerprint density at radius 1 is 1.29 bits per heavy atom. The van der Waals surface area contributed by atoms with E-state index < -0.39 is 6.10 Å². The number of methoxy groups -OCH3 is 2. The molecule has 24 heavy (non-hydrogen) atoms. The highest BCUT2D eigenvalue weighted by Gasteiger charge is 2.31. The molecule has 0 aromatic heterocycles. The van der Waals surface area contributed by atoms with Gasteiger partial charge in [0.15, 0.2) is 0 Å². The highest BCUT2D eigenvalue weighted by molar-refractivity contribution is 5.82. The third-order valence-corrected chi connectivity index (χ3v) is 4.66. The molecule has 2 heterocycles. The van der Waals surface area contributed by atoms with Crippen LogP contribution in [0.25, 0.3) is 0 Å². The molecule has 3 N–H and O–H groups in total. The lowest BCUT2D eigenvalue weighted by atomic mass is 10.1. The summed E-state index contributed by atoms with van der Waals surface area (Å²) in [7, 11) is 3.27. The summed E-state index contributed by atoms with van der Waals surface area (Å²) in [5.41, 5.74) is 1.03. The number of carbonyl (C=O) groups excluding carboxylic acids is 1. The number of β-amino-alcohol motifs (C(OH)–C–C–N with tert-alkyl or cyclic N) is 1. The van der Waals surface area contributed by atoms with E-state index in [-0.39, 0.29) is 18.0 Å². The first kappa shape index (κ1) is 16.9. The molecular formula is C17H25N3O4. The van der Waals surface area contributed by atoms with Gasteiger partial charge >= 0.3 is 0 Å². The molecular weight excluding hydrogens is 310 g/mol. The fraction of sp³-hybridized carbons (Fsp3) is 0.588. The summed E-state index contributed by atoms with van der Waals surface area (Å²) in [6.45, 7) is 2.10. The van der Waals surface area contributed by atoms with Crippen molar-refractivity contribution in [2.75, 3.05) is 38.8 Å². The van der Waals surface area contributed by atoms with Crippen molar-refractivity contribution < 1.29 is 19.4 Å². The second kappa shape index (κ2) is 7.27. The van der Waals surface area contributed by atoms with Crippen molar-refractivity contribution in [3.05, 3.63) is 18.2 Å². The summed E-state index contributed by atoms with van der Waals surface area (Å²) in [5, 5.41) is 15.7. The molecule has 3 atom stereocenters. The van der Waals surface area contributed by atoms with Crippen LogP contribution in [0.5, 0.6) is 11.5 Å². The fourth-order valence-corrected chi connectivity index (χ4v) is 3.31. The van der Waals surface area contributed by atoms with Crippen LogP contribution in [0.3, 0.4) is 0 Å². The molecule has 132 valence electrons. The Bertz CT molecular complexity index is 573. The second-order valence-electron chi connectivity index (χ2n) is 6.36. The molecule has 1 amide bonds. The van der Waals surface area contributed by atoms with E-state index in [9.17, 15) is 9.90 Å². The molecule has 1 aromatic rings. The van der Waals surface area contributed by atoms with Crippen LogP contribution in [0.4, 0.5) is 5.69 Å². The molecule has 7 heteroatoms. The summed E-state index contributed by atoms with van der Waals surface area (Å²) in [6, 6.07) is 5.61. The number of hydrogen-bond acceptors (Lipinski definition) is 6. The van der Waals surface area contributed by atoms with Gasteiger partial charge in [-0.05, 0) is 12.8 Å². The molecule has 1 aromatic carbocycles. The number of anilines is 1. The topological polar surface area (TPSA) is 83.1 Å². The first-order valence-corrected chi connectivity index (χ1v) is 8.29. The van der Waals surface area contributed by atoms with Gasteiger partial charge in [0.2, 0.25) is 5.91 Å². The highest BCUT2D eigenvalue weighted by atomic mass is 16.5. The first-order valence-electron chi connectivity index (χ1n) is 8.29. The monoisotopic (exact) mass is 335 g/mol. The quantitative estimate of drug-likeness (QED) is 0.709. The van der Waals surface area contributed by atoms with Crippen molar-refractivity contribution in [2.24, 2.45) is 0 Å². The number of ether oxygens (including phenoxy) is 2. The van der Waals surface area contributed by atoms with Crippen LogP contribution in [0.15, 0.2) is 18.2 Å². The van der Waals surface area contributed by atoms with Crippen molar-refractivity contribution >= 4 is 11.6 Å². The predicted molar refractivity (Wildman–Crippen MR) is 90.7 cm³/mol. The Kier molecular flexibility index (Phi) is 5.11. The van der Waals surface area contributed by atoms with Crippen LogP contribution in [0, 0.1) is 0 Å². The van der Waals surface area contributed by atoms with Gasteiger partial charge in [-0.2, -0.15) is 0 Å². The molecule has 0 aliphatic carbocycles. The van der Waals surface area contributed by atoms with Gasteiger partial charge in [-0.15, -0.1) is 0 Å². The number of aliphatic hydroxyl groups is 1. The van der Waals surface area contributed by atoms with Crippen molar-refractivity contribution in [1.29, 1.82) is 0 Å². The molecule has 2 aliphatic rings. The summed E-state index contributed by atoms with van der Waals surface area (Å²) in [4.78, 5) is 14.5. The molecule has 7 nitrogen and oxygen atoms in total. The minimum absolute atomic E-state index is 0.0263. The molecule has 0 radical (unpaired) electrons. The zero-order chi connectivity index (χ0) is 17.1. The van der Waals surface area contributed by atoms with Gasteiger partial charge in [-0.25, -0.2) is 0 Å². The van der Waals surface area contributed by atoms with Gasteiger partial charge < -0.3 is 30.1 Å². The Hall–Kier alpha value is -1.99. The van der Waals surface area contributed by atoms with Crippen LogP contribution < -0.4 is 25.0 Å². The van der Waals surface area contributed by atoms with Crippen molar-refractivity contribution in [2.45, 2.75) is 31.0 Å². The third-order valence-electron chi connectivity index (χ3n) is 4.66. The maximum Gasteiger partial charge on any atom is 0.237 e. The molecule has 2 fully saturated rings. The van der Waals surface area contributed by atoms with Gasteiger partial charge in [0.25, 0.3) is 0 Å². The number of amides is 1. The van der Waals surface area contributed by atoms with Crippen molar-refractivity contribution in [3.63, 3.8) is 0 Å². The summed E-state index contributed by atoms with van der Waals surface area (Å²) in [6.07, 6.45) is 0.945. The lowest BCUT2D eigenvalue weighted by molar-refractivity contribution is -0.123. The summed E-state index contributed by atoms with van der Waals surface area (Å²) in [5.74, 6) is 1.48. The van der Waals surface area contributed by atoms with E-state index in [4.69, 9.17) is 9.47 Å². The van der Waals surface area contributed by atoms with Gasteiger partial charge in [0.05, 0.1) is 26.4 Å². The van der Waals surface area contributed by atoms with Gasteiger partial charge in [0.1, 0.15) is 11.5 Å². The second-order valence-corrected chi connectivity index (χ2v) is 6.36. The fourth-order valence-electron chi connectivity index (χ4n) is 3.31. The van der Waals surface area contributed by atoms with Crippen LogP contribution in [-0.4, -0.2) is 63.1 Å². The number of rotatable bonds is 5. The van der Waals surface area contributed by atoms with E-state index in [1.165, 1.54) is 0 Å². The SMILES string of the molecule is COc1cc(OC)cc(N2CCC(NC(=O)C3CC(O)CN3)C2)c1. The lowest BCUT2D eigenvalue weighted by Crippen LogP contribution is -2.46. The Labute approximate surface area is 141 Å². The summed E-state index contributed by atoms with van der Waals surface area (Å²) >= 11 is 0. The van der Waals surface area contributed by atoms with E-state index in [1.54, 1.807) is 14.2 Å². The number of benzene rings is 1. The van der Waals surface area contributed by atoms with Crippen LogP contribution in [0.1, 0.15) is 12.8 Å². The predicted octanol–water partition coefficient (Wildman–Crippen LogP) is 0.122. The number of carbonyl (C=O) groups is 1. The number of aliphatic hydroxyl groups excluding tert-OH is 1. The molecule has 0 spiro atoms. The van der Waals surface area contributed by atoms with Crippen LogP contribution in [-0.2, 0) is 4.79 Å². The number of hydrogen-bond donors (Lipinski definition) is 3. The van der Waals surface area contributed by atoms with Gasteiger partial charge in [-0.1, -0.05) is 0 Å². The highest BCUT2D eigenvalue weighted by Crippen LogP contribution is 2.30. The standard InChI is InChI=1S/C17H25N3O4/c1-23-14-5-12(6-15(8-14)24-2)20-4-3-11(10-20)19-17(22)16-7-13(21)9-18-16/h5-6,8,11,13,16,18,21H,3-4,7,9-10H2,1-2H3,(H,19,22). The normalized spacial score (nSPS) is 26.5. The molecule has 2 aliphatic heterocycles. The van der Waals surface area contributed by atoms with E-state index in [1.807, 2.05) is 18.2 Å². The van der Waals surface area contributed by atoms with E-state index in [0.29, 0.717) is 13.0 Å². The zero-order valence-corrected chi connectivity index (χ0v) is 14.1. The maximum absolute atomic E-state index is 12.2. The van der Waals surface area contributed by atoms with E-state index >= 15 is 0 Å². The third kappa shape index (κ3) is 3.73. The Balaban J connectivity index is 1.60. The molecule has 3 rings (SSSR count). The average molecular weight is 335 g/mol. The van der Waals surface area contributed by atoms with Crippen molar-refractivity contribution in [3.8, 4) is 11.5 Å². The molecule has 3 unspecified atom stereocenters. The molecule has 0 bridgehead atoms. The van der Waals surface area contributed by atoms with Crippen LogP contribution >= 0.6 is 0 Å². The van der Waals surface area contributed by atoms with Crippen LogP contribution in [0.2, 0.25) is 0 Å². The van der Waals surface area contributed by atoms with Gasteiger partial charge in [0, 0.05) is 49.6 Å². The Morgan fingerprint density at radius 3 is 2.58 bits per heavy atom. The number of nitrogens with one attached hydrogen (secondary N) is 2. The average Bonchev–Trinajstić information content (AvgIpc) is 3.23. The first-order chi connectivity index (χ1) is 11.6. The minimum Gasteiger partial charge on any atom is -0.497 e. The maximum atomic E-state index is 12.2. The minimum atomic E-state index is -0.426.